The van der Waals surface area contributed by atoms with Gasteiger partial charge in [-0.05, 0) is 30.7 Å². The van der Waals surface area contributed by atoms with Crippen LogP contribution in [0, 0.1) is 6.92 Å². The first-order chi connectivity index (χ1) is 20.4. The fourth-order valence-electron chi connectivity index (χ4n) is 3.96. The number of rotatable bonds is 7. The SMILES string of the molecule is Cc1cc(SCC2=C(C(=O)O)N3C(=O)[C@@H](N)[C@H]3SC2)n2nc(CS(=O)(=O)c3ccc(O)c(O)c3)nc2n1.O=C(O)C(F)(F)F. The van der Waals surface area contributed by atoms with Crippen molar-refractivity contribution in [3.63, 3.8) is 0 Å². The predicted molar refractivity (Wildman–Crippen MR) is 146 cm³/mol. The van der Waals surface area contributed by atoms with Gasteiger partial charge >= 0.3 is 18.1 Å². The normalized spacial score (nSPS) is 18.4. The van der Waals surface area contributed by atoms with Gasteiger partial charge in [-0.3, -0.25) is 9.69 Å². The summed E-state index contributed by atoms with van der Waals surface area (Å²) in [5.41, 5.74) is 6.88. The number of amides is 1. The molecule has 2 aromatic heterocycles. The van der Waals surface area contributed by atoms with E-state index < -0.39 is 62.5 Å². The number of carbonyl (C=O) groups excluding carboxylic acids is 1. The summed E-state index contributed by atoms with van der Waals surface area (Å²) in [5.74, 6) is -5.22. The molecule has 1 saturated heterocycles. The quantitative estimate of drug-likeness (QED) is 0.102. The summed E-state index contributed by atoms with van der Waals surface area (Å²) >= 11 is 2.66. The van der Waals surface area contributed by atoms with Crippen LogP contribution >= 0.6 is 23.5 Å². The zero-order chi connectivity index (χ0) is 32.7. The van der Waals surface area contributed by atoms with Crippen LogP contribution in [0.5, 0.6) is 11.5 Å². The van der Waals surface area contributed by atoms with Gasteiger partial charge < -0.3 is 26.2 Å². The number of benzene rings is 1. The van der Waals surface area contributed by atoms with E-state index in [0.29, 0.717) is 22.0 Å². The maximum Gasteiger partial charge on any atom is 0.490 e. The number of nitrogens with zero attached hydrogens (tertiary/aromatic N) is 5. The maximum absolute atomic E-state index is 12.8. The minimum Gasteiger partial charge on any atom is -0.504 e. The van der Waals surface area contributed by atoms with E-state index in [9.17, 15) is 46.5 Å². The third-order valence-electron chi connectivity index (χ3n) is 6.00. The number of hydrogen-bond donors (Lipinski definition) is 5. The van der Waals surface area contributed by atoms with Gasteiger partial charge in [0.25, 0.3) is 5.78 Å². The molecule has 6 N–H and O–H groups in total. The minimum absolute atomic E-state index is 0.0332. The van der Waals surface area contributed by atoms with E-state index in [0.717, 1.165) is 12.1 Å². The number of phenolic OH excluding ortho intramolecular Hbond substituents is 2. The van der Waals surface area contributed by atoms with E-state index in [2.05, 4.69) is 15.1 Å². The zero-order valence-electron chi connectivity index (χ0n) is 22.1. The second-order valence-corrected chi connectivity index (χ2v) is 13.3. The number of aromatic hydroxyl groups is 2. The summed E-state index contributed by atoms with van der Waals surface area (Å²) in [7, 11) is -3.95. The van der Waals surface area contributed by atoms with Crippen LogP contribution in [0.1, 0.15) is 11.5 Å². The van der Waals surface area contributed by atoms with Crippen LogP contribution in [-0.2, 0) is 30.0 Å². The molecule has 0 spiro atoms. The lowest BCUT2D eigenvalue weighted by Gasteiger charge is -2.48. The van der Waals surface area contributed by atoms with Gasteiger partial charge in [-0.1, -0.05) is 0 Å². The number of halogens is 3. The molecule has 0 bridgehead atoms. The van der Waals surface area contributed by atoms with Crippen LogP contribution < -0.4 is 5.73 Å². The number of aromatic nitrogens is 4. The Balaban J connectivity index is 0.000000566. The van der Waals surface area contributed by atoms with Crippen molar-refractivity contribution in [3.8, 4) is 11.5 Å². The highest BCUT2D eigenvalue weighted by atomic mass is 32.2. The Labute approximate surface area is 253 Å². The Morgan fingerprint density at radius 2 is 1.82 bits per heavy atom. The zero-order valence-corrected chi connectivity index (χ0v) is 24.5. The van der Waals surface area contributed by atoms with Crippen LogP contribution in [0.2, 0.25) is 0 Å². The maximum atomic E-state index is 12.8. The van der Waals surface area contributed by atoms with Gasteiger partial charge in [0.2, 0.25) is 5.91 Å². The van der Waals surface area contributed by atoms with Crippen LogP contribution in [-0.4, -0.2) is 100 Å². The molecule has 0 saturated carbocycles. The van der Waals surface area contributed by atoms with Crippen molar-refractivity contribution in [2.45, 2.75) is 40.2 Å². The Morgan fingerprint density at radius 3 is 2.41 bits per heavy atom. The van der Waals surface area contributed by atoms with Gasteiger partial charge in [-0.2, -0.15) is 22.7 Å². The van der Waals surface area contributed by atoms with Gasteiger partial charge in [0.15, 0.2) is 27.2 Å². The molecular weight excluding hydrogens is 657 g/mol. The number of aliphatic carboxylic acids is 2. The van der Waals surface area contributed by atoms with Gasteiger partial charge in [0.1, 0.15) is 27.9 Å². The lowest BCUT2D eigenvalue weighted by Crippen LogP contribution is -2.68. The first-order valence-electron chi connectivity index (χ1n) is 12.0. The number of carbonyl (C=O) groups is 3. The van der Waals surface area contributed by atoms with Gasteiger partial charge in [0, 0.05) is 23.3 Å². The number of nitrogens with two attached hydrogens (primary N) is 1. The Morgan fingerprint density at radius 1 is 1.16 bits per heavy atom. The van der Waals surface area contributed by atoms with Crippen LogP contribution in [0.3, 0.4) is 0 Å². The molecule has 0 radical (unpaired) electrons. The van der Waals surface area contributed by atoms with Crippen molar-refractivity contribution < 1.29 is 56.4 Å². The number of aryl methyl sites for hydroxylation is 1. The van der Waals surface area contributed by atoms with E-state index >= 15 is 0 Å². The predicted octanol–water partition coefficient (Wildman–Crippen LogP) is 1.12. The molecule has 3 aromatic rings. The lowest BCUT2D eigenvalue weighted by molar-refractivity contribution is -0.192. The molecule has 2 aliphatic heterocycles. The third kappa shape index (κ3) is 6.69. The number of thioether (sulfide) groups is 2. The lowest BCUT2D eigenvalue weighted by atomic mass is 10.0. The second-order valence-electron chi connectivity index (χ2n) is 9.17. The molecule has 4 heterocycles. The number of sulfone groups is 1. The number of phenols is 2. The third-order valence-corrected chi connectivity index (χ3v) is 10.1. The van der Waals surface area contributed by atoms with Crippen molar-refractivity contribution in [1.29, 1.82) is 0 Å². The molecule has 1 fully saturated rings. The van der Waals surface area contributed by atoms with E-state index in [1.807, 2.05) is 0 Å². The molecule has 236 valence electrons. The number of carboxylic acids is 2. The Bertz CT molecular complexity index is 1810. The summed E-state index contributed by atoms with van der Waals surface area (Å²) < 4.78 is 58.8. The molecule has 2 aliphatic rings. The van der Waals surface area contributed by atoms with Gasteiger partial charge in [-0.25, -0.2) is 23.0 Å². The number of alkyl halides is 3. The monoisotopic (exact) mass is 678 g/mol. The number of hydrogen-bond acceptors (Lipinski definition) is 13. The summed E-state index contributed by atoms with van der Waals surface area (Å²) in [6.45, 7) is 1.73. The Kier molecular flexibility index (Phi) is 9.05. The molecule has 2 atom stereocenters. The summed E-state index contributed by atoms with van der Waals surface area (Å²) in [5, 5.41) is 40.4. The van der Waals surface area contributed by atoms with Crippen LogP contribution in [0.4, 0.5) is 13.2 Å². The molecule has 21 heteroatoms. The van der Waals surface area contributed by atoms with E-state index in [4.69, 9.17) is 15.6 Å². The summed E-state index contributed by atoms with van der Waals surface area (Å²) in [4.78, 5) is 42.6. The molecule has 0 aliphatic carbocycles. The molecule has 5 rings (SSSR count). The average molecular weight is 679 g/mol. The van der Waals surface area contributed by atoms with Crippen molar-refractivity contribution in [1.82, 2.24) is 24.5 Å². The molecule has 15 nitrogen and oxygen atoms in total. The average Bonchev–Trinajstić information content (AvgIpc) is 3.33. The topological polar surface area (TPSA) is 239 Å². The largest absolute Gasteiger partial charge is 0.504 e. The standard InChI is InChI=1S/C21H20N6O7S3.C2HF3O2/c1-9-4-15(35-6-10-7-36-19-16(22)18(30)26(19)17(10)20(31)32)27-21(23-9)24-14(25-27)8-37(33,34)11-2-3-12(28)13(29)5-11;3-2(4,5)1(6)7/h2-5,16,19,28-29H,6-8,22H2,1H3,(H,31,32);(H,6,7)/t16-,19-;/m1./s1. The van der Waals surface area contributed by atoms with E-state index in [1.165, 1.54) is 39.0 Å². The number of β-lactam (4-membered cyclic amide) rings is 1. The van der Waals surface area contributed by atoms with E-state index in [1.54, 1.807) is 13.0 Å². The molecule has 44 heavy (non-hydrogen) atoms. The highest BCUT2D eigenvalue weighted by molar-refractivity contribution is 8.01. The smallest absolute Gasteiger partial charge is 0.490 e. The molecule has 0 unspecified atom stereocenters. The van der Waals surface area contributed by atoms with E-state index in [-0.39, 0.29) is 27.9 Å². The van der Waals surface area contributed by atoms with Crippen molar-refractivity contribution in [2.75, 3.05) is 11.5 Å². The number of carboxylic acid groups (broad SMARTS) is 2. The Hall–Kier alpha value is -4.08. The second kappa shape index (κ2) is 12.1. The number of fused-ring (bicyclic) bond motifs is 2. The highest BCUT2D eigenvalue weighted by Crippen LogP contribution is 2.41. The molecule has 1 amide bonds. The fraction of sp³-hybridized carbons (Fsp3) is 0.304. The highest BCUT2D eigenvalue weighted by Gasteiger charge is 2.51. The minimum atomic E-state index is -5.08. The van der Waals surface area contributed by atoms with Gasteiger partial charge in [0.05, 0.1) is 4.90 Å². The van der Waals surface area contributed by atoms with Crippen molar-refractivity contribution in [3.05, 3.63) is 47.1 Å². The fourth-order valence-corrected chi connectivity index (χ4v) is 7.64. The van der Waals surface area contributed by atoms with Crippen LogP contribution in [0.15, 0.2) is 45.5 Å². The molecular formula is C23H21F3N6O9S3. The van der Waals surface area contributed by atoms with Gasteiger partial charge in [-0.15, -0.1) is 28.6 Å². The van der Waals surface area contributed by atoms with Crippen LogP contribution in [0.25, 0.3) is 5.78 Å². The summed E-state index contributed by atoms with van der Waals surface area (Å²) in [6, 6.07) is 4.19. The van der Waals surface area contributed by atoms with Crippen molar-refractivity contribution in [2.24, 2.45) is 5.73 Å². The first kappa shape index (κ1) is 32.8. The molecule has 1 aromatic carbocycles. The first-order valence-corrected chi connectivity index (χ1v) is 15.7. The summed E-state index contributed by atoms with van der Waals surface area (Å²) in [6.07, 6.45) is -5.08. The van der Waals surface area contributed by atoms with Crippen molar-refractivity contribution >= 4 is 57.0 Å².